The largest absolute Gasteiger partial charge is 0.489 e. The van der Waals surface area contributed by atoms with Gasteiger partial charge in [0.25, 0.3) is 0 Å². The molecule has 0 aliphatic heterocycles. The van der Waals surface area contributed by atoms with E-state index >= 15 is 0 Å². The molecule has 4 aromatic carbocycles. The molecule has 1 aromatic heterocycles. The first kappa shape index (κ1) is 23.0. The highest BCUT2D eigenvalue weighted by atomic mass is 35.5. The van der Waals surface area contributed by atoms with Gasteiger partial charge in [-0.15, -0.1) is 0 Å². The summed E-state index contributed by atoms with van der Waals surface area (Å²) in [7, 11) is 0. The van der Waals surface area contributed by atoms with Crippen LogP contribution >= 0.6 is 11.6 Å². The smallest absolute Gasteiger partial charge is 0.321 e. The third-order valence-corrected chi connectivity index (χ3v) is 6.44. The molecule has 0 aliphatic rings. The molecule has 176 valence electrons. The van der Waals surface area contributed by atoms with Crippen LogP contribution in [0.3, 0.4) is 0 Å². The lowest BCUT2D eigenvalue weighted by molar-refractivity contribution is -0.139. The highest BCUT2D eigenvalue weighted by Crippen LogP contribution is 2.29. The van der Waals surface area contributed by atoms with E-state index in [2.05, 4.69) is 10.3 Å². The fourth-order valence-electron chi connectivity index (χ4n) is 4.41. The predicted molar refractivity (Wildman–Crippen MR) is 140 cm³/mol. The van der Waals surface area contributed by atoms with Gasteiger partial charge in [-0.3, -0.25) is 10.1 Å². The molecule has 5 rings (SSSR count). The van der Waals surface area contributed by atoms with Crippen molar-refractivity contribution in [2.75, 3.05) is 0 Å². The fourth-order valence-corrected chi connectivity index (χ4v) is 4.63. The van der Waals surface area contributed by atoms with Gasteiger partial charge in [0.1, 0.15) is 18.4 Å². The van der Waals surface area contributed by atoms with Crippen LogP contribution < -0.4 is 10.1 Å². The summed E-state index contributed by atoms with van der Waals surface area (Å²) in [6.45, 7) is 0.717. The average Bonchev–Trinajstić information content (AvgIpc) is 3.28. The number of ether oxygens (including phenoxy) is 1. The number of nitrogens with one attached hydrogen (secondary N) is 2. The van der Waals surface area contributed by atoms with Gasteiger partial charge in [-0.25, -0.2) is 0 Å². The minimum absolute atomic E-state index is 0.353. The Kier molecular flexibility index (Phi) is 6.70. The van der Waals surface area contributed by atoms with Gasteiger partial charge in [-0.05, 0) is 46.2 Å². The standard InChI is InChI=1S/C29H25ClN2O3/c30-22-8-5-6-19(14-22)18-35-28-13-12-20-7-1-2-9-23(20)25(28)17-32-27(29(33)34)15-21-16-31-26-11-4-3-10-24(21)26/h1-14,16,27,31-32H,15,17-18H2,(H,33,34). The van der Waals surface area contributed by atoms with E-state index in [0.717, 1.165) is 38.4 Å². The van der Waals surface area contributed by atoms with Gasteiger partial charge in [0.15, 0.2) is 0 Å². The number of benzene rings is 4. The normalized spacial score (nSPS) is 12.1. The highest BCUT2D eigenvalue weighted by molar-refractivity contribution is 6.30. The maximum absolute atomic E-state index is 12.2. The molecule has 0 spiro atoms. The minimum Gasteiger partial charge on any atom is -0.489 e. The molecule has 0 amide bonds. The molecule has 1 atom stereocenters. The van der Waals surface area contributed by atoms with Gasteiger partial charge in [0, 0.05) is 40.7 Å². The van der Waals surface area contributed by atoms with Crippen LogP contribution in [-0.2, 0) is 24.4 Å². The number of aromatic amines is 1. The van der Waals surface area contributed by atoms with Crippen LogP contribution in [0.1, 0.15) is 16.7 Å². The summed E-state index contributed by atoms with van der Waals surface area (Å²) in [6.07, 6.45) is 2.25. The summed E-state index contributed by atoms with van der Waals surface area (Å²) in [6, 6.07) is 26.7. The van der Waals surface area contributed by atoms with Crippen molar-refractivity contribution in [1.82, 2.24) is 10.3 Å². The quantitative estimate of drug-likeness (QED) is 0.228. The van der Waals surface area contributed by atoms with Crippen molar-refractivity contribution in [2.24, 2.45) is 0 Å². The van der Waals surface area contributed by atoms with Crippen LogP contribution in [0.2, 0.25) is 5.02 Å². The van der Waals surface area contributed by atoms with Crippen LogP contribution in [0.15, 0.2) is 91.1 Å². The van der Waals surface area contributed by atoms with E-state index in [1.807, 2.05) is 91.1 Å². The van der Waals surface area contributed by atoms with Gasteiger partial charge >= 0.3 is 5.97 Å². The zero-order valence-electron chi connectivity index (χ0n) is 19.0. The first-order chi connectivity index (χ1) is 17.1. The van der Waals surface area contributed by atoms with Crippen molar-refractivity contribution < 1.29 is 14.6 Å². The molecule has 0 bridgehead atoms. The highest BCUT2D eigenvalue weighted by Gasteiger charge is 2.21. The number of hydrogen-bond donors (Lipinski definition) is 3. The monoisotopic (exact) mass is 484 g/mol. The van der Waals surface area contributed by atoms with Crippen LogP contribution in [0.5, 0.6) is 5.75 Å². The summed E-state index contributed by atoms with van der Waals surface area (Å²) < 4.78 is 6.19. The number of aromatic nitrogens is 1. The Hall–Kier alpha value is -3.80. The average molecular weight is 485 g/mol. The Morgan fingerprint density at radius 2 is 1.77 bits per heavy atom. The van der Waals surface area contributed by atoms with Gasteiger partial charge < -0.3 is 14.8 Å². The van der Waals surface area contributed by atoms with Crippen molar-refractivity contribution in [3.8, 4) is 5.75 Å². The number of rotatable bonds is 9. The second-order valence-electron chi connectivity index (χ2n) is 8.52. The second kappa shape index (κ2) is 10.2. The Morgan fingerprint density at radius 3 is 2.60 bits per heavy atom. The van der Waals surface area contributed by atoms with Gasteiger partial charge in [0.2, 0.25) is 0 Å². The number of para-hydroxylation sites is 1. The van der Waals surface area contributed by atoms with Gasteiger partial charge in [-0.2, -0.15) is 0 Å². The molecule has 0 saturated heterocycles. The molecule has 5 nitrogen and oxygen atoms in total. The number of halogens is 1. The molecular weight excluding hydrogens is 460 g/mol. The van der Waals surface area contributed by atoms with E-state index in [4.69, 9.17) is 16.3 Å². The molecule has 6 heteroatoms. The Bertz CT molecular complexity index is 1490. The first-order valence-corrected chi connectivity index (χ1v) is 11.9. The predicted octanol–water partition coefficient (Wildman–Crippen LogP) is 6.34. The summed E-state index contributed by atoms with van der Waals surface area (Å²) in [4.78, 5) is 15.4. The van der Waals surface area contributed by atoms with Crippen molar-refractivity contribution in [3.05, 3.63) is 113 Å². The van der Waals surface area contributed by atoms with E-state index in [-0.39, 0.29) is 0 Å². The number of carbonyl (C=O) groups is 1. The number of carboxylic acid groups (broad SMARTS) is 1. The van der Waals surface area contributed by atoms with Crippen LogP contribution in [0, 0.1) is 0 Å². The van der Waals surface area contributed by atoms with Crippen molar-refractivity contribution in [1.29, 1.82) is 0 Å². The topological polar surface area (TPSA) is 74.3 Å². The SMILES string of the molecule is O=C(O)C(Cc1c[nH]c2ccccc12)NCc1c(OCc2cccc(Cl)c2)ccc2ccccc12. The Labute approximate surface area is 208 Å². The number of fused-ring (bicyclic) bond motifs is 2. The third kappa shape index (κ3) is 5.16. The maximum Gasteiger partial charge on any atom is 0.321 e. The molecule has 0 radical (unpaired) electrons. The molecular formula is C29H25ClN2O3. The summed E-state index contributed by atoms with van der Waals surface area (Å²) in [5.41, 5.74) is 3.86. The molecule has 5 aromatic rings. The zero-order chi connectivity index (χ0) is 24.2. The van der Waals surface area contributed by atoms with E-state index in [9.17, 15) is 9.90 Å². The van der Waals surface area contributed by atoms with Crippen molar-refractivity contribution >= 4 is 39.2 Å². The van der Waals surface area contributed by atoms with Gasteiger partial charge in [0.05, 0.1) is 0 Å². The number of aliphatic carboxylic acids is 1. The number of H-pyrrole nitrogens is 1. The zero-order valence-corrected chi connectivity index (χ0v) is 19.8. The molecule has 0 aliphatic carbocycles. The number of hydrogen-bond acceptors (Lipinski definition) is 3. The second-order valence-corrected chi connectivity index (χ2v) is 8.95. The minimum atomic E-state index is -0.892. The molecule has 1 heterocycles. The molecule has 0 saturated carbocycles. The van der Waals surface area contributed by atoms with Crippen molar-refractivity contribution in [2.45, 2.75) is 25.6 Å². The lowest BCUT2D eigenvalue weighted by Gasteiger charge is -2.18. The van der Waals surface area contributed by atoms with Crippen LogP contribution in [-0.4, -0.2) is 22.1 Å². The fraction of sp³-hybridized carbons (Fsp3) is 0.138. The molecule has 0 fully saturated rings. The first-order valence-electron chi connectivity index (χ1n) is 11.5. The Balaban J connectivity index is 1.40. The van der Waals surface area contributed by atoms with Crippen molar-refractivity contribution in [3.63, 3.8) is 0 Å². The lowest BCUT2D eigenvalue weighted by Crippen LogP contribution is -2.38. The van der Waals surface area contributed by atoms with E-state index in [0.29, 0.717) is 30.3 Å². The molecule has 1 unspecified atom stereocenters. The lowest BCUT2D eigenvalue weighted by atomic mass is 10.0. The van der Waals surface area contributed by atoms with E-state index in [1.54, 1.807) is 0 Å². The molecule has 35 heavy (non-hydrogen) atoms. The number of carboxylic acids is 1. The maximum atomic E-state index is 12.2. The van der Waals surface area contributed by atoms with E-state index < -0.39 is 12.0 Å². The summed E-state index contributed by atoms with van der Waals surface area (Å²) in [5.74, 6) is -0.177. The van der Waals surface area contributed by atoms with E-state index in [1.165, 1.54) is 0 Å². The van der Waals surface area contributed by atoms with Gasteiger partial charge in [-0.1, -0.05) is 72.3 Å². The molecule has 3 N–H and O–H groups in total. The summed E-state index contributed by atoms with van der Waals surface area (Å²) in [5, 5.41) is 17.0. The Morgan fingerprint density at radius 1 is 0.971 bits per heavy atom. The summed E-state index contributed by atoms with van der Waals surface area (Å²) >= 11 is 6.12. The van der Waals surface area contributed by atoms with Crippen LogP contribution in [0.25, 0.3) is 21.7 Å². The third-order valence-electron chi connectivity index (χ3n) is 6.20. The van der Waals surface area contributed by atoms with Crippen LogP contribution in [0.4, 0.5) is 0 Å².